The molecule has 3 aromatic rings. The lowest BCUT2D eigenvalue weighted by Crippen LogP contribution is -2.37. The van der Waals surface area contributed by atoms with Crippen LogP contribution in [-0.2, 0) is 11.2 Å². The molecule has 1 fully saturated rings. The second-order valence-electron chi connectivity index (χ2n) is 8.45. The minimum Gasteiger partial charge on any atom is -0.463 e. The summed E-state index contributed by atoms with van der Waals surface area (Å²) in [5.41, 5.74) is 1.02. The number of hydrogen-bond acceptors (Lipinski definition) is 10. The van der Waals surface area contributed by atoms with E-state index in [4.69, 9.17) is 20.0 Å². The van der Waals surface area contributed by atoms with Crippen LogP contribution in [0.2, 0.25) is 0 Å². The number of hydrogen-bond donors (Lipinski definition) is 2. The fourth-order valence-electron chi connectivity index (χ4n) is 3.77. The first-order chi connectivity index (χ1) is 18.5. The Labute approximate surface area is 218 Å². The molecular formula is C26H26F2N8O2. The summed E-state index contributed by atoms with van der Waals surface area (Å²) in [5.74, 6) is -1.72. The molecule has 196 valence electrons. The molecule has 2 heterocycles. The number of aryl methyl sites for hydroxylation is 1. The fraction of sp³-hybridized carbons (Fsp3) is 0.346. The highest BCUT2D eigenvalue weighted by Gasteiger charge is 2.16. The Morgan fingerprint density at radius 2 is 1.66 bits per heavy atom. The average molecular weight is 521 g/mol. The van der Waals surface area contributed by atoms with Crippen molar-refractivity contribution in [3.8, 4) is 18.1 Å². The van der Waals surface area contributed by atoms with E-state index in [9.17, 15) is 8.78 Å². The normalized spacial score (nSPS) is 13.4. The average Bonchev–Trinajstić information content (AvgIpc) is 2.93. The summed E-state index contributed by atoms with van der Waals surface area (Å²) in [7, 11) is 0. The van der Waals surface area contributed by atoms with Gasteiger partial charge in [-0.1, -0.05) is 0 Å². The third kappa shape index (κ3) is 7.56. The van der Waals surface area contributed by atoms with E-state index in [2.05, 4.69) is 30.5 Å². The molecule has 0 bridgehead atoms. The topological polar surface area (TPSA) is 132 Å². The van der Waals surface area contributed by atoms with Gasteiger partial charge in [-0.25, -0.2) is 8.78 Å². The molecule has 1 aliphatic heterocycles. The van der Waals surface area contributed by atoms with Crippen molar-refractivity contribution in [2.24, 2.45) is 0 Å². The van der Waals surface area contributed by atoms with E-state index in [1.54, 1.807) is 24.3 Å². The van der Waals surface area contributed by atoms with Crippen LogP contribution in [0.4, 0.5) is 32.1 Å². The number of morpholine rings is 1. The largest absolute Gasteiger partial charge is 0.463 e. The van der Waals surface area contributed by atoms with Crippen LogP contribution >= 0.6 is 0 Å². The Bertz CT molecular complexity index is 1300. The summed E-state index contributed by atoms with van der Waals surface area (Å²) in [6.45, 7) is 4.30. The van der Waals surface area contributed by atoms with Crippen LogP contribution < -0.4 is 15.4 Å². The van der Waals surface area contributed by atoms with Crippen LogP contribution in [0.3, 0.4) is 0 Å². The standard InChI is InChI=1S/C26H26F2N8O2/c27-21-15-19(3-1-8-29)16-22(28)23(21)32-25-33-24(31-20-6-4-18(17-30)5-7-20)34-26(35-25)38-12-2-9-36-10-13-37-14-11-36/h4-7,15-16H,1-3,9-14H2,(H2,31,32,33,34,35). The molecule has 0 spiro atoms. The van der Waals surface area contributed by atoms with Gasteiger partial charge in [-0.05, 0) is 54.8 Å². The fourth-order valence-corrected chi connectivity index (χ4v) is 3.77. The molecule has 1 aliphatic rings. The lowest BCUT2D eigenvalue weighted by Gasteiger charge is -2.26. The second kappa shape index (κ2) is 13.2. The molecule has 12 heteroatoms. The molecule has 1 saturated heterocycles. The Balaban J connectivity index is 1.51. The molecule has 2 aromatic carbocycles. The summed E-state index contributed by atoms with van der Waals surface area (Å²) in [5, 5.41) is 23.3. The molecular weight excluding hydrogens is 494 g/mol. The maximum absolute atomic E-state index is 14.7. The maximum Gasteiger partial charge on any atom is 0.323 e. The number of nitrogens with zero attached hydrogens (tertiary/aromatic N) is 6. The minimum absolute atomic E-state index is 0.0212. The van der Waals surface area contributed by atoms with Crippen LogP contribution in [0.25, 0.3) is 0 Å². The van der Waals surface area contributed by atoms with Crippen molar-refractivity contribution in [3.63, 3.8) is 0 Å². The van der Waals surface area contributed by atoms with Gasteiger partial charge in [0.05, 0.1) is 37.5 Å². The monoisotopic (exact) mass is 520 g/mol. The number of anilines is 4. The van der Waals surface area contributed by atoms with Gasteiger partial charge in [0, 0.05) is 31.7 Å². The van der Waals surface area contributed by atoms with E-state index in [0.29, 0.717) is 36.6 Å². The van der Waals surface area contributed by atoms with Gasteiger partial charge in [0.2, 0.25) is 11.9 Å². The highest BCUT2D eigenvalue weighted by Crippen LogP contribution is 2.26. The van der Waals surface area contributed by atoms with Gasteiger partial charge in [-0.15, -0.1) is 0 Å². The molecule has 1 aromatic heterocycles. The smallest absolute Gasteiger partial charge is 0.323 e. The van der Waals surface area contributed by atoms with Crippen molar-refractivity contribution in [1.29, 1.82) is 10.5 Å². The predicted molar refractivity (Wildman–Crippen MR) is 135 cm³/mol. The van der Waals surface area contributed by atoms with Crippen LogP contribution in [0.5, 0.6) is 6.01 Å². The molecule has 0 unspecified atom stereocenters. The van der Waals surface area contributed by atoms with Crippen LogP contribution in [-0.4, -0.2) is 59.3 Å². The van der Waals surface area contributed by atoms with Gasteiger partial charge in [-0.3, -0.25) is 4.90 Å². The van der Waals surface area contributed by atoms with Crippen LogP contribution in [0.1, 0.15) is 24.0 Å². The van der Waals surface area contributed by atoms with Crippen molar-refractivity contribution in [2.45, 2.75) is 19.3 Å². The molecule has 10 nitrogen and oxygen atoms in total. The summed E-state index contributed by atoms with van der Waals surface area (Å²) in [4.78, 5) is 15.0. The Hall–Kier alpha value is -4.39. The third-order valence-electron chi connectivity index (χ3n) is 5.70. The molecule has 0 amide bonds. The Morgan fingerprint density at radius 1 is 0.974 bits per heavy atom. The Morgan fingerprint density at radius 3 is 2.32 bits per heavy atom. The first-order valence-electron chi connectivity index (χ1n) is 12.1. The number of rotatable bonds is 11. The van der Waals surface area contributed by atoms with E-state index in [0.717, 1.165) is 26.1 Å². The van der Waals surface area contributed by atoms with E-state index in [1.165, 1.54) is 12.1 Å². The SMILES string of the molecule is N#CCCc1cc(F)c(Nc2nc(Nc3ccc(C#N)cc3)nc(OCCCN3CCOCC3)n2)c(F)c1. The first kappa shape index (κ1) is 26.7. The zero-order valence-electron chi connectivity index (χ0n) is 20.6. The van der Waals surface area contributed by atoms with Crippen molar-refractivity contribution in [2.75, 3.05) is 50.1 Å². The van der Waals surface area contributed by atoms with E-state index >= 15 is 0 Å². The van der Waals surface area contributed by atoms with Crippen molar-refractivity contribution < 1.29 is 18.3 Å². The zero-order valence-corrected chi connectivity index (χ0v) is 20.6. The third-order valence-corrected chi connectivity index (χ3v) is 5.70. The first-order valence-corrected chi connectivity index (χ1v) is 12.1. The molecule has 0 atom stereocenters. The van der Waals surface area contributed by atoms with Crippen LogP contribution in [0.15, 0.2) is 36.4 Å². The number of aromatic nitrogens is 3. The maximum atomic E-state index is 14.7. The van der Waals surface area contributed by atoms with E-state index in [-0.39, 0.29) is 30.7 Å². The van der Waals surface area contributed by atoms with Gasteiger partial charge < -0.3 is 20.1 Å². The van der Waals surface area contributed by atoms with Crippen molar-refractivity contribution in [3.05, 3.63) is 59.2 Å². The van der Waals surface area contributed by atoms with Crippen molar-refractivity contribution >= 4 is 23.3 Å². The highest BCUT2D eigenvalue weighted by molar-refractivity contribution is 5.59. The number of nitriles is 2. The molecule has 38 heavy (non-hydrogen) atoms. The number of benzene rings is 2. The molecule has 2 N–H and O–H groups in total. The number of ether oxygens (including phenoxy) is 2. The molecule has 0 radical (unpaired) electrons. The van der Waals surface area contributed by atoms with Gasteiger partial charge in [0.1, 0.15) is 17.3 Å². The van der Waals surface area contributed by atoms with Gasteiger partial charge in [-0.2, -0.15) is 25.5 Å². The zero-order chi connectivity index (χ0) is 26.7. The lowest BCUT2D eigenvalue weighted by atomic mass is 10.1. The number of nitrogens with one attached hydrogen (secondary N) is 2. The summed E-state index contributed by atoms with van der Waals surface area (Å²) in [6, 6.07) is 12.9. The van der Waals surface area contributed by atoms with E-state index < -0.39 is 17.3 Å². The quantitative estimate of drug-likeness (QED) is 0.357. The predicted octanol–water partition coefficient (Wildman–Crippen LogP) is 4.07. The number of halogens is 2. The van der Waals surface area contributed by atoms with Crippen LogP contribution in [0, 0.1) is 34.3 Å². The molecule has 0 aliphatic carbocycles. The summed E-state index contributed by atoms with van der Waals surface area (Å²) >= 11 is 0. The highest BCUT2D eigenvalue weighted by atomic mass is 19.1. The van der Waals surface area contributed by atoms with Gasteiger partial charge in [0.25, 0.3) is 0 Å². The second-order valence-corrected chi connectivity index (χ2v) is 8.45. The summed E-state index contributed by atoms with van der Waals surface area (Å²) in [6.07, 6.45) is 1.10. The minimum atomic E-state index is -0.840. The van der Waals surface area contributed by atoms with Gasteiger partial charge >= 0.3 is 6.01 Å². The van der Waals surface area contributed by atoms with Crippen molar-refractivity contribution in [1.82, 2.24) is 19.9 Å². The van der Waals surface area contributed by atoms with E-state index in [1.807, 2.05) is 12.1 Å². The summed E-state index contributed by atoms with van der Waals surface area (Å²) < 4.78 is 40.6. The lowest BCUT2D eigenvalue weighted by molar-refractivity contribution is 0.0356. The molecule has 0 saturated carbocycles. The Kier molecular flexibility index (Phi) is 9.29. The van der Waals surface area contributed by atoms with Gasteiger partial charge in [0.15, 0.2) is 0 Å². The molecule has 4 rings (SSSR count).